The lowest BCUT2D eigenvalue weighted by Crippen LogP contribution is -2.48. The maximum atomic E-state index is 13.2. The van der Waals surface area contributed by atoms with Crippen LogP contribution in [0, 0.1) is 11.2 Å². The molecule has 6 heteroatoms. The van der Waals surface area contributed by atoms with Crippen LogP contribution in [0.1, 0.15) is 12.0 Å². The van der Waals surface area contributed by atoms with E-state index in [1.165, 1.54) is 18.2 Å². The van der Waals surface area contributed by atoms with E-state index in [0.717, 1.165) is 0 Å². The van der Waals surface area contributed by atoms with Crippen molar-refractivity contribution in [1.82, 2.24) is 0 Å². The topological polar surface area (TPSA) is 63.6 Å². The molecule has 1 saturated heterocycles. The first-order valence-electron chi connectivity index (χ1n) is 5.74. The van der Waals surface area contributed by atoms with E-state index in [1.54, 1.807) is 0 Å². The van der Waals surface area contributed by atoms with Gasteiger partial charge in [0.25, 0.3) is 0 Å². The van der Waals surface area contributed by atoms with Crippen LogP contribution in [-0.2, 0) is 20.7 Å². The van der Waals surface area contributed by atoms with Gasteiger partial charge >= 0.3 is 5.97 Å². The Balaban J connectivity index is 2.38. The molecule has 0 spiro atoms. The molecule has 0 saturated carbocycles. The normalized spacial score (nSPS) is 23.4. The quantitative estimate of drug-likeness (QED) is 0.863. The van der Waals surface area contributed by atoms with Crippen molar-refractivity contribution in [2.45, 2.75) is 12.8 Å². The molecule has 1 aromatic carbocycles. The Kier molecular flexibility index (Phi) is 4.01. The van der Waals surface area contributed by atoms with Gasteiger partial charge in [-0.2, -0.15) is 0 Å². The van der Waals surface area contributed by atoms with Crippen molar-refractivity contribution in [2.24, 2.45) is 5.41 Å². The van der Waals surface area contributed by atoms with Crippen molar-refractivity contribution in [1.29, 1.82) is 0 Å². The van der Waals surface area contributed by atoms with Crippen molar-refractivity contribution in [3.8, 4) is 0 Å². The summed E-state index contributed by atoms with van der Waals surface area (Å²) in [4.78, 5) is 23.5. The number of aliphatic carboxylic acids is 1. The molecule has 0 amide bonds. The number of hydrogen-bond acceptors (Lipinski definition) is 3. The third-order valence-electron chi connectivity index (χ3n) is 3.27. The summed E-state index contributed by atoms with van der Waals surface area (Å²) in [5.41, 5.74) is -1.17. The number of carboxylic acid groups (broad SMARTS) is 1. The number of rotatable bonds is 3. The number of halogens is 2. The van der Waals surface area contributed by atoms with Gasteiger partial charge < -0.3 is 9.84 Å². The highest BCUT2D eigenvalue weighted by molar-refractivity contribution is 9.10. The van der Waals surface area contributed by atoms with Gasteiger partial charge in [0.1, 0.15) is 5.82 Å². The standard InChI is InChI=1S/C13H12BrFO4/c14-10-2-1-9(15)5-8(10)6-13(12(17)18)7-19-4-3-11(13)16/h1-2,5H,3-4,6-7H2,(H,17,18). The average molecular weight is 331 g/mol. The maximum absolute atomic E-state index is 13.2. The van der Waals surface area contributed by atoms with Gasteiger partial charge in [-0.25, -0.2) is 4.39 Å². The zero-order valence-corrected chi connectivity index (χ0v) is 11.6. The lowest BCUT2D eigenvalue weighted by Gasteiger charge is -2.31. The fourth-order valence-corrected chi connectivity index (χ4v) is 2.53. The van der Waals surface area contributed by atoms with Crippen LogP contribution in [0.25, 0.3) is 0 Å². The molecule has 19 heavy (non-hydrogen) atoms. The summed E-state index contributed by atoms with van der Waals surface area (Å²) in [5, 5.41) is 9.37. The van der Waals surface area contributed by atoms with E-state index in [9.17, 15) is 19.1 Å². The minimum Gasteiger partial charge on any atom is -0.480 e. The van der Waals surface area contributed by atoms with Crippen LogP contribution >= 0.6 is 15.9 Å². The number of carboxylic acids is 1. The molecule has 4 nitrogen and oxygen atoms in total. The highest BCUT2D eigenvalue weighted by Gasteiger charge is 2.48. The van der Waals surface area contributed by atoms with Crippen LogP contribution < -0.4 is 0 Å². The van der Waals surface area contributed by atoms with E-state index >= 15 is 0 Å². The van der Waals surface area contributed by atoms with Gasteiger partial charge in [-0.05, 0) is 30.2 Å². The Morgan fingerprint density at radius 2 is 2.26 bits per heavy atom. The Morgan fingerprint density at radius 3 is 2.89 bits per heavy atom. The number of Topliss-reactive ketones (excluding diaryl/α,β-unsaturated/α-hetero) is 1. The van der Waals surface area contributed by atoms with Crippen LogP contribution in [0.3, 0.4) is 0 Å². The van der Waals surface area contributed by atoms with Crippen molar-refractivity contribution < 1.29 is 23.8 Å². The van der Waals surface area contributed by atoms with Crippen molar-refractivity contribution in [2.75, 3.05) is 13.2 Å². The van der Waals surface area contributed by atoms with E-state index in [0.29, 0.717) is 10.0 Å². The maximum Gasteiger partial charge on any atom is 0.319 e. The molecule has 0 bridgehead atoms. The van der Waals surface area contributed by atoms with Crippen LogP contribution in [0.15, 0.2) is 22.7 Å². The lowest BCUT2D eigenvalue weighted by molar-refractivity contribution is -0.164. The summed E-state index contributed by atoms with van der Waals surface area (Å²) in [7, 11) is 0. The SMILES string of the molecule is O=C(O)C1(Cc2cc(F)ccc2Br)COCCC1=O. The summed E-state index contributed by atoms with van der Waals surface area (Å²) in [6.07, 6.45) is -0.0151. The second-order valence-electron chi connectivity index (χ2n) is 4.53. The van der Waals surface area contributed by atoms with Gasteiger partial charge in [0.15, 0.2) is 11.2 Å². The van der Waals surface area contributed by atoms with Crippen LogP contribution in [0.5, 0.6) is 0 Å². The summed E-state index contributed by atoms with van der Waals surface area (Å²) in [6, 6.07) is 3.99. The Labute approximate surface area is 117 Å². The molecule has 1 heterocycles. The molecule has 1 aliphatic heterocycles. The molecule has 0 radical (unpaired) electrons. The largest absolute Gasteiger partial charge is 0.480 e. The van der Waals surface area contributed by atoms with Gasteiger partial charge in [-0.1, -0.05) is 15.9 Å². The molecule has 1 unspecified atom stereocenters. The summed E-state index contributed by atoms with van der Waals surface area (Å²) in [6.45, 7) is 0.0578. The first-order chi connectivity index (χ1) is 8.95. The Bertz CT molecular complexity index is 531. The number of ketones is 1. The second-order valence-corrected chi connectivity index (χ2v) is 5.38. The van der Waals surface area contributed by atoms with E-state index in [2.05, 4.69) is 15.9 Å². The number of benzene rings is 1. The summed E-state index contributed by atoms with van der Waals surface area (Å²) in [5.74, 6) is -2.07. The Morgan fingerprint density at radius 1 is 1.53 bits per heavy atom. The molecule has 1 aromatic rings. The first-order valence-corrected chi connectivity index (χ1v) is 6.53. The van der Waals surface area contributed by atoms with E-state index in [1.807, 2.05) is 0 Å². The smallest absolute Gasteiger partial charge is 0.319 e. The van der Waals surface area contributed by atoms with Gasteiger partial charge in [-0.15, -0.1) is 0 Å². The van der Waals surface area contributed by atoms with Gasteiger partial charge in [0, 0.05) is 10.9 Å². The molecule has 1 N–H and O–H groups in total. The van der Waals surface area contributed by atoms with Crippen molar-refractivity contribution >= 4 is 27.7 Å². The molecular formula is C13H12BrFO4. The van der Waals surface area contributed by atoms with Crippen LogP contribution in [0.2, 0.25) is 0 Å². The van der Waals surface area contributed by atoms with E-state index in [4.69, 9.17) is 4.74 Å². The zero-order valence-electron chi connectivity index (χ0n) is 9.99. The number of ether oxygens (including phenoxy) is 1. The van der Waals surface area contributed by atoms with Crippen LogP contribution in [-0.4, -0.2) is 30.1 Å². The second kappa shape index (κ2) is 5.38. The number of hydrogen-bond donors (Lipinski definition) is 1. The fraction of sp³-hybridized carbons (Fsp3) is 0.385. The molecule has 1 aliphatic rings. The third kappa shape index (κ3) is 2.69. The molecule has 1 fully saturated rings. The molecule has 0 aliphatic carbocycles. The van der Waals surface area contributed by atoms with Gasteiger partial charge in [0.2, 0.25) is 0 Å². The van der Waals surface area contributed by atoms with Gasteiger partial charge in [0.05, 0.1) is 13.2 Å². The molecule has 102 valence electrons. The summed E-state index contributed by atoms with van der Waals surface area (Å²) >= 11 is 3.24. The Hall–Kier alpha value is -1.27. The fourth-order valence-electron chi connectivity index (χ4n) is 2.14. The molecule has 0 aromatic heterocycles. The predicted octanol–water partition coefficient (Wildman–Crippen LogP) is 2.19. The predicted molar refractivity (Wildman–Crippen MR) is 68.3 cm³/mol. The van der Waals surface area contributed by atoms with E-state index < -0.39 is 17.2 Å². The molecule has 1 atom stereocenters. The zero-order chi connectivity index (χ0) is 14.0. The first kappa shape index (κ1) is 14.1. The lowest BCUT2D eigenvalue weighted by atomic mass is 9.76. The minimum atomic E-state index is -1.62. The number of carbonyl (C=O) groups is 2. The van der Waals surface area contributed by atoms with Crippen LogP contribution in [0.4, 0.5) is 4.39 Å². The minimum absolute atomic E-state index is 0.0687. The van der Waals surface area contributed by atoms with Crippen molar-refractivity contribution in [3.63, 3.8) is 0 Å². The van der Waals surface area contributed by atoms with E-state index in [-0.39, 0.29) is 31.8 Å². The van der Waals surface area contributed by atoms with Gasteiger partial charge in [-0.3, -0.25) is 9.59 Å². The van der Waals surface area contributed by atoms with Crippen molar-refractivity contribution in [3.05, 3.63) is 34.1 Å². The number of carbonyl (C=O) groups excluding carboxylic acids is 1. The average Bonchev–Trinajstić information content (AvgIpc) is 2.36. The highest BCUT2D eigenvalue weighted by atomic mass is 79.9. The monoisotopic (exact) mass is 330 g/mol. The summed E-state index contributed by atoms with van der Waals surface area (Å²) < 4.78 is 19.0. The molecular weight excluding hydrogens is 319 g/mol. The molecule has 2 rings (SSSR count). The highest BCUT2D eigenvalue weighted by Crippen LogP contribution is 2.33. The third-order valence-corrected chi connectivity index (χ3v) is 4.04.